The standard InChI is InChI=1S/C5H8N2O4S/c8-3-4-12(10,11)7-5(9)1-2-6-7/h1-2,6,8H,3-4H2. The molecule has 6 nitrogen and oxygen atoms in total. The van der Waals surface area contributed by atoms with E-state index in [0.717, 1.165) is 6.07 Å². The molecule has 0 saturated carbocycles. The van der Waals surface area contributed by atoms with Crippen molar-refractivity contribution in [2.75, 3.05) is 12.4 Å². The van der Waals surface area contributed by atoms with Gasteiger partial charge in [-0.05, 0) is 0 Å². The molecule has 0 aliphatic rings. The maximum absolute atomic E-state index is 11.1. The van der Waals surface area contributed by atoms with E-state index < -0.39 is 27.9 Å². The third-order valence-electron chi connectivity index (χ3n) is 1.25. The van der Waals surface area contributed by atoms with Crippen LogP contribution in [0.5, 0.6) is 0 Å². The predicted octanol–water partition coefficient (Wildman–Crippen LogP) is -1.65. The zero-order chi connectivity index (χ0) is 9.19. The number of hydrogen-bond donors (Lipinski definition) is 2. The third-order valence-corrected chi connectivity index (χ3v) is 2.79. The number of nitrogens with one attached hydrogen (secondary N) is 1. The highest BCUT2D eigenvalue weighted by Crippen LogP contribution is 1.88. The maximum Gasteiger partial charge on any atom is 0.280 e. The number of aliphatic hydroxyl groups excluding tert-OH is 1. The minimum Gasteiger partial charge on any atom is -0.395 e. The smallest absolute Gasteiger partial charge is 0.280 e. The van der Waals surface area contributed by atoms with Crippen molar-refractivity contribution in [3.05, 3.63) is 22.6 Å². The number of hydrogen-bond acceptors (Lipinski definition) is 4. The summed E-state index contributed by atoms with van der Waals surface area (Å²) < 4.78 is 22.7. The van der Waals surface area contributed by atoms with Gasteiger partial charge in [-0.15, -0.1) is 4.09 Å². The molecule has 0 amide bonds. The first-order chi connectivity index (χ1) is 5.58. The Balaban J connectivity index is 3.15. The van der Waals surface area contributed by atoms with Crippen LogP contribution in [-0.2, 0) is 10.0 Å². The van der Waals surface area contributed by atoms with Crippen LogP contribution in [0.1, 0.15) is 0 Å². The van der Waals surface area contributed by atoms with Crippen LogP contribution in [0.2, 0.25) is 0 Å². The van der Waals surface area contributed by atoms with Gasteiger partial charge in [0.15, 0.2) is 0 Å². The van der Waals surface area contributed by atoms with E-state index in [1.807, 2.05) is 0 Å². The van der Waals surface area contributed by atoms with Gasteiger partial charge in [0.05, 0.1) is 12.4 Å². The molecule has 0 atom stereocenters. The largest absolute Gasteiger partial charge is 0.395 e. The van der Waals surface area contributed by atoms with Crippen LogP contribution in [0.4, 0.5) is 0 Å². The van der Waals surface area contributed by atoms with Gasteiger partial charge in [0, 0.05) is 12.3 Å². The van der Waals surface area contributed by atoms with Crippen molar-refractivity contribution in [2.24, 2.45) is 0 Å². The van der Waals surface area contributed by atoms with Gasteiger partial charge < -0.3 is 5.11 Å². The van der Waals surface area contributed by atoms with Gasteiger partial charge in [-0.3, -0.25) is 9.89 Å². The molecule has 0 saturated heterocycles. The molecular formula is C5H8N2O4S. The van der Waals surface area contributed by atoms with Crippen LogP contribution in [0.15, 0.2) is 17.1 Å². The first-order valence-electron chi connectivity index (χ1n) is 3.18. The number of aliphatic hydroxyl groups is 1. The predicted molar refractivity (Wildman–Crippen MR) is 41.3 cm³/mol. The lowest BCUT2D eigenvalue weighted by molar-refractivity contribution is 0.319. The summed E-state index contributed by atoms with van der Waals surface area (Å²) in [6.07, 6.45) is 1.22. The Hall–Kier alpha value is -1.08. The Morgan fingerprint density at radius 1 is 1.58 bits per heavy atom. The topological polar surface area (TPSA) is 92.2 Å². The average Bonchev–Trinajstić information content (AvgIpc) is 2.35. The zero-order valence-electron chi connectivity index (χ0n) is 6.10. The first-order valence-corrected chi connectivity index (χ1v) is 4.79. The highest BCUT2D eigenvalue weighted by Gasteiger charge is 2.13. The average molecular weight is 192 g/mol. The lowest BCUT2D eigenvalue weighted by Gasteiger charge is -2.00. The molecule has 2 N–H and O–H groups in total. The molecule has 0 unspecified atom stereocenters. The second-order valence-electron chi connectivity index (χ2n) is 2.10. The molecule has 7 heteroatoms. The van der Waals surface area contributed by atoms with Crippen LogP contribution < -0.4 is 5.56 Å². The van der Waals surface area contributed by atoms with Crippen LogP contribution >= 0.6 is 0 Å². The van der Waals surface area contributed by atoms with Crippen molar-refractivity contribution in [3.63, 3.8) is 0 Å². The Labute approximate surface area is 68.5 Å². The molecule has 0 radical (unpaired) electrons. The Bertz CT molecular complexity index is 401. The van der Waals surface area contributed by atoms with Crippen LogP contribution in [0.3, 0.4) is 0 Å². The highest BCUT2D eigenvalue weighted by atomic mass is 32.2. The van der Waals surface area contributed by atoms with Gasteiger partial charge in [-0.25, -0.2) is 8.42 Å². The summed E-state index contributed by atoms with van der Waals surface area (Å²) in [5.41, 5.74) is -0.650. The molecule has 1 aromatic rings. The Kier molecular flexibility index (Phi) is 2.34. The summed E-state index contributed by atoms with van der Waals surface area (Å²) in [5, 5.41) is 10.6. The lowest BCUT2D eigenvalue weighted by atomic mass is 10.7. The van der Waals surface area contributed by atoms with Crippen LogP contribution in [0, 0.1) is 0 Å². The van der Waals surface area contributed by atoms with Crippen molar-refractivity contribution in [1.29, 1.82) is 0 Å². The van der Waals surface area contributed by atoms with Crippen LogP contribution in [-0.4, -0.2) is 35.1 Å². The number of aromatic nitrogens is 2. The van der Waals surface area contributed by atoms with E-state index in [1.54, 1.807) is 0 Å². The lowest BCUT2D eigenvalue weighted by Crippen LogP contribution is -2.28. The van der Waals surface area contributed by atoms with E-state index in [0.29, 0.717) is 4.09 Å². The summed E-state index contributed by atoms with van der Waals surface area (Å²) in [7, 11) is -3.70. The van der Waals surface area contributed by atoms with Gasteiger partial charge in [-0.2, -0.15) is 0 Å². The SMILES string of the molecule is O=c1cc[nH]n1S(=O)(=O)CCO. The number of aromatic amines is 1. The molecule has 0 aromatic carbocycles. The Morgan fingerprint density at radius 3 is 2.67 bits per heavy atom. The number of nitrogens with zero attached hydrogens (tertiary/aromatic N) is 1. The molecule has 0 aliphatic carbocycles. The van der Waals surface area contributed by atoms with Crippen molar-refractivity contribution in [1.82, 2.24) is 9.19 Å². The fraction of sp³-hybridized carbons (Fsp3) is 0.400. The van der Waals surface area contributed by atoms with Gasteiger partial charge in [-0.1, -0.05) is 0 Å². The minimum absolute atomic E-state index is 0.465. The zero-order valence-corrected chi connectivity index (χ0v) is 6.91. The van der Waals surface area contributed by atoms with E-state index in [4.69, 9.17) is 5.11 Å². The van der Waals surface area contributed by atoms with E-state index >= 15 is 0 Å². The molecule has 1 aromatic heterocycles. The normalized spacial score (nSPS) is 11.8. The van der Waals surface area contributed by atoms with Gasteiger partial charge in [0.2, 0.25) is 0 Å². The van der Waals surface area contributed by atoms with Gasteiger partial charge >= 0.3 is 0 Å². The molecule has 0 bridgehead atoms. The van der Waals surface area contributed by atoms with E-state index in [1.165, 1.54) is 6.20 Å². The summed E-state index contributed by atoms with van der Waals surface area (Å²) in [4.78, 5) is 10.8. The van der Waals surface area contributed by atoms with Crippen molar-refractivity contribution in [3.8, 4) is 0 Å². The summed E-state index contributed by atoms with van der Waals surface area (Å²) in [5.74, 6) is -0.465. The first kappa shape index (κ1) is 9.01. The van der Waals surface area contributed by atoms with Gasteiger partial charge in [0.1, 0.15) is 0 Å². The number of rotatable bonds is 3. The van der Waals surface area contributed by atoms with Crippen molar-refractivity contribution in [2.45, 2.75) is 0 Å². The second-order valence-corrected chi connectivity index (χ2v) is 4.04. The molecule has 1 rings (SSSR count). The van der Waals surface area contributed by atoms with Crippen molar-refractivity contribution < 1.29 is 13.5 Å². The van der Waals surface area contributed by atoms with Crippen molar-refractivity contribution >= 4 is 10.0 Å². The second kappa shape index (κ2) is 3.11. The molecule has 12 heavy (non-hydrogen) atoms. The molecule has 1 heterocycles. The van der Waals surface area contributed by atoms with Crippen LogP contribution in [0.25, 0.3) is 0 Å². The third kappa shape index (κ3) is 1.56. The van der Waals surface area contributed by atoms with E-state index in [-0.39, 0.29) is 0 Å². The van der Waals surface area contributed by atoms with E-state index in [9.17, 15) is 13.2 Å². The quantitative estimate of drug-likeness (QED) is 0.600. The summed E-state index contributed by atoms with van der Waals surface area (Å²) >= 11 is 0. The van der Waals surface area contributed by atoms with E-state index in [2.05, 4.69) is 5.10 Å². The number of H-pyrrole nitrogens is 1. The highest BCUT2D eigenvalue weighted by molar-refractivity contribution is 7.89. The summed E-state index contributed by atoms with van der Waals surface area (Å²) in [6.45, 7) is -0.506. The molecule has 0 aliphatic heterocycles. The maximum atomic E-state index is 11.1. The fourth-order valence-corrected chi connectivity index (χ4v) is 1.70. The molecule has 68 valence electrons. The molecular weight excluding hydrogens is 184 g/mol. The fourth-order valence-electron chi connectivity index (χ4n) is 0.732. The Morgan fingerprint density at radius 2 is 2.25 bits per heavy atom. The molecule has 0 spiro atoms. The monoisotopic (exact) mass is 192 g/mol. The minimum atomic E-state index is -3.70. The molecule has 0 fully saturated rings. The van der Waals surface area contributed by atoms with Gasteiger partial charge in [0.25, 0.3) is 15.6 Å². The summed E-state index contributed by atoms with van der Waals surface area (Å²) in [6, 6.07) is 1.09.